The second kappa shape index (κ2) is 8.87. The molecule has 144 valence electrons. The molecule has 8 heteroatoms. The Morgan fingerprint density at radius 1 is 1.21 bits per heavy atom. The van der Waals surface area contributed by atoms with Crippen LogP contribution >= 0.6 is 22.6 Å². The normalized spacial score (nSPS) is 14.5. The number of methoxy groups -OCH3 is 2. The third-order valence-electron chi connectivity index (χ3n) is 3.76. The van der Waals surface area contributed by atoms with Gasteiger partial charge >= 0.3 is 11.9 Å². The molecular weight excluding hydrogens is 477 g/mol. The molecule has 0 aliphatic carbocycles. The standard InChI is InChI=1S/C20H16INO6/c1-25-16-10-12(8-14(21)18(16)27-11-17(23)26-2)9-15-20(24)28-19(22-15)13-6-4-3-5-7-13/h3-10H,11H2,1-2H3/b15-9-. The first-order chi connectivity index (χ1) is 13.5. The summed E-state index contributed by atoms with van der Waals surface area (Å²) in [5.74, 6) is 0.0651. The van der Waals surface area contributed by atoms with Crippen LogP contribution in [0.5, 0.6) is 11.5 Å². The van der Waals surface area contributed by atoms with Gasteiger partial charge in [0.15, 0.2) is 23.8 Å². The molecule has 28 heavy (non-hydrogen) atoms. The van der Waals surface area contributed by atoms with Crippen LogP contribution in [0.1, 0.15) is 11.1 Å². The zero-order chi connectivity index (χ0) is 20.1. The first kappa shape index (κ1) is 19.9. The molecule has 1 aliphatic rings. The highest BCUT2D eigenvalue weighted by Crippen LogP contribution is 2.35. The summed E-state index contributed by atoms with van der Waals surface area (Å²) in [5, 5.41) is 0. The molecule has 0 saturated carbocycles. The van der Waals surface area contributed by atoms with E-state index >= 15 is 0 Å². The van der Waals surface area contributed by atoms with Crippen LogP contribution in [-0.2, 0) is 19.1 Å². The summed E-state index contributed by atoms with van der Waals surface area (Å²) >= 11 is 2.06. The zero-order valence-electron chi connectivity index (χ0n) is 15.1. The highest BCUT2D eigenvalue weighted by atomic mass is 127. The fourth-order valence-corrected chi connectivity index (χ4v) is 3.21. The van der Waals surface area contributed by atoms with Gasteiger partial charge in [-0.15, -0.1) is 0 Å². The number of hydrogen-bond donors (Lipinski definition) is 0. The maximum absolute atomic E-state index is 12.2. The monoisotopic (exact) mass is 493 g/mol. The fourth-order valence-electron chi connectivity index (χ4n) is 2.42. The predicted octanol–water partition coefficient (Wildman–Crippen LogP) is 3.20. The number of hydrogen-bond acceptors (Lipinski definition) is 7. The van der Waals surface area contributed by atoms with E-state index in [1.807, 2.05) is 30.3 Å². The van der Waals surface area contributed by atoms with Gasteiger partial charge in [0.05, 0.1) is 17.8 Å². The lowest BCUT2D eigenvalue weighted by molar-refractivity contribution is -0.143. The largest absolute Gasteiger partial charge is 0.493 e. The Morgan fingerprint density at radius 2 is 1.96 bits per heavy atom. The van der Waals surface area contributed by atoms with Crippen LogP contribution in [0, 0.1) is 3.57 Å². The number of ether oxygens (including phenoxy) is 4. The molecule has 1 aliphatic heterocycles. The van der Waals surface area contributed by atoms with Gasteiger partial charge in [-0.2, -0.15) is 0 Å². The van der Waals surface area contributed by atoms with Gasteiger partial charge in [-0.05, 0) is 58.5 Å². The van der Waals surface area contributed by atoms with Crippen LogP contribution < -0.4 is 9.47 Å². The van der Waals surface area contributed by atoms with Crippen molar-refractivity contribution in [2.75, 3.05) is 20.8 Å². The van der Waals surface area contributed by atoms with E-state index in [9.17, 15) is 9.59 Å². The van der Waals surface area contributed by atoms with Gasteiger partial charge < -0.3 is 18.9 Å². The second-order valence-corrected chi connectivity index (χ2v) is 6.76. The Hall–Kier alpha value is -2.88. The van der Waals surface area contributed by atoms with E-state index in [0.29, 0.717) is 20.6 Å². The summed E-state index contributed by atoms with van der Waals surface area (Å²) < 4.78 is 21.4. The lowest BCUT2D eigenvalue weighted by atomic mass is 10.1. The van der Waals surface area contributed by atoms with E-state index < -0.39 is 11.9 Å². The van der Waals surface area contributed by atoms with E-state index in [0.717, 1.165) is 5.56 Å². The fraction of sp³-hybridized carbons (Fsp3) is 0.150. The number of rotatable bonds is 6. The van der Waals surface area contributed by atoms with Gasteiger partial charge in [-0.25, -0.2) is 14.6 Å². The van der Waals surface area contributed by atoms with Crippen molar-refractivity contribution >= 4 is 46.5 Å². The van der Waals surface area contributed by atoms with Gasteiger partial charge in [-0.1, -0.05) is 18.2 Å². The molecule has 2 aromatic rings. The van der Waals surface area contributed by atoms with Crippen LogP contribution in [0.25, 0.3) is 6.08 Å². The van der Waals surface area contributed by atoms with E-state index in [1.165, 1.54) is 14.2 Å². The van der Waals surface area contributed by atoms with Crippen molar-refractivity contribution in [1.82, 2.24) is 0 Å². The Bertz CT molecular complexity index is 968. The summed E-state index contributed by atoms with van der Waals surface area (Å²) in [5.41, 5.74) is 1.58. The summed E-state index contributed by atoms with van der Waals surface area (Å²) in [4.78, 5) is 27.8. The molecule has 0 fully saturated rings. The molecule has 0 bridgehead atoms. The van der Waals surface area contributed by atoms with Crippen molar-refractivity contribution in [3.63, 3.8) is 0 Å². The number of cyclic esters (lactones) is 1. The molecule has 0 saturated heterocycles. The molecule has 0 aromatic heterocycles. The molecule has 0 N–H and O–H groups in total. The van der Waals surface area contributed by atoms with Crippen molar-refractivity contribution in [2.24, 2.45) is 4.99 Å². The predicted molar refractivity (Wildman–Crippen MR) is 110 cm³/mol. The molecule has 3 rings (SSSR count). The molecule has 0 atom stereocenters. The third-order valence-corrected chi connectivity index (χ3v) is 4.56. The number of esters is 2. The third kappa shape index (κ3) is 4.50. The molecule has 2 aromatic carbocycles. The van der Waals surface area contributed by atoms with Crippen LogP contribution in [0.2, 0.25) is 0 Å². The van der Waals surface area contributed by atoms with E-state index in [4.69, 9.17) is 14.2 Å². The second-order valence-electron chi connectivity index (χ2n) is 5.60. The first-order valence-corrected chi connectivity index (χ1v) is 9.25. The van der Waals surface area contributed by atoms with Gasteiger partial charge in [-0.3, -0.25) is 0 Å². The summed E-state index contributed by atoms with van der Waals surface area (Å²) in [7, 11) is 2.77. The number of carbonyl (C=O) groups excluding carboxylic acids is 2. The molecular formula is C20H16INO6. The van der Waals surface area contributed by atoms with E-state index in [1.54, 1.807) is 18.2 Å². The van der Waals surface area contributed by atoms with Gasteiger partial charge in [0.1, 0.15) is 0 Å². The summed E-state index contributed by atoms with van der Waals surface area (Å²) in [6, 6.07) is 12.6. The molecule has 0 spiro atoms. The molecule has 0 radical (unpaired) electrons. The topological polar surface area (TPSA) is 83.4 Å². The van der Waals surface area contributed by atoms with E-state index in [2.05, 4.69) is 32.3 Å². The number of nitrogens with zero attached hydrogens (tertiary/aromatic N) is 1. The average molecular weight is 493 g/mol. The van der Waals surface area contributed by atoms with Crippen molar-refractivity contribution in [1.29, 1.82) is 0 Å². The Kier molecular flexibility index (Phi) is 6.30. The van der Waals surface area contributed by atoms with E-state index in [-0.39, 0.29) is 18.2 Å². The average Bonchev–Trinajstić information content (AvgIpc) is 3.07. The van der Waals surface area contributed by atoms with Crippen molar-refractivity contribution in [2.45, 2.75) is 0 Å². The van der Waals surface area contributed by atoms with Crippen LogP contribution in [0.3, 0.4) is 0 Å². The number of benzene rings is 2. The van der Waals surface area contributed by atoms with Crippen molar-refractivity contribution in [3.05, 3.63) is 62.9 Å². The van der Waals surface area contributed by atoms with Crippen LogP contribution in [0.4, 0.5) is 0 Å². The maximum Gasteiger partial charge on any atom is 0.363 e. The Balaban J connectivity index is 1.89. The van der Waals surface area contributed by atoms with Crippen molar-refractivity contribution < 1.29 is 28.5 Å². The van der Waals surface area contributed by atoms with Crippen molar-refractivity contribution in [3.8, 4) is 11.5 Å². The summed E-state index contributed by atoms with van der Waals surface area (Å²) in [6.45, 7) is -0.236. The number of carbonyl (C=O) groups is 2. The molecule has 7 nitrogen and oxygen atoms in total. The maximum atomic E-state index is 12.2. The molecule has 0 unspecified atom stereocenters. The molecule has 0 amide bonds. The smallest absolute Gasteiger partial charge is 0.363 e. The lowest BCUT2D eigenvalue weighted by Gasteiger charge is -2.12. The van der Waals surface area contributed by atoms with Gasteiger partial charge in [0.2, 0.25) is 5.90 Å². The zero-order valence-corrected chi connectivity index (χ0v) is 17.3. The quantitative estimate of drug-likeness (QED) is 0.349. The van der Waals surface area contributed by atoms with Crippen LogP contribution in [0.15, 0.2) is 53.2 Å². The number of halogens is 1. The van der Waals surface area contributed by atoms with Gasteiger partial charge in [0.25, 0.3) is 0 Å². The minimum Gasteiger partial charge on any atom is -0.493 e. The SMILES string of the molecule is COC(=O)COc1c(I)cc(/C=C2\N=C(c3ccccc3)OC2=O)cc1OC. The minimum atomic E-state index is -0.529. The minimum absolute atomic E-state index is 0.180. The highest BCUT2D eigenvalue weighted by molar-refractivity contribution is 14.1. The Morgan fingerprint density at radius 3 is 2.64 bits per heavy atom. The highest BCUT2D eigenvalue weighted by Gasteiger charge is 2.24. The van der Waals surface area contributed by atoms with Gasteiger partial charge in [0, 0.05) is 5.56 Å². The molecule has 1 heterocycles. The summed E-state index contributed by atoms with van der Waals surface area (Å²) in [6.07, 6.45) is 1.60. The Labute approximate surface area is 175 Å². The number of aliphatic imine (C=N–C) groups is 1. The first-order valence-electron chi connectivity index (χ1n) is 8.17. The lowest BCUT2D eigenvalue weighted by Crippen LogP contribution is -2.13. The van der Waals surface area contributed by atoms with Crippen LogP contribution in [-0.4, -0.2) is 38.7 Å².